The molecule has 0 aromatic carbocycles. The van der Waals surface area contributed by atoms with Crippen molar-refractivity contribution in [1.29, 1.82) is 0 Å². The van der Waals surface area contributed by atoms with Crippen LogP contribution < -0.4 is 0 Å². The van der Waals surface area contributed by atoms with Gasteiger partial charge in [0.2, 0.25) is 7.42 Å². The van der Waals surface area contributed by atoms with Crippen molar-refractivity contribution in [3.05, 3.63) is 0 Å². The summed E-state index contributed by atoms with van der Waals surface area (Å²) in [6.45, 7) is 0. The van der Waals surface area contributed by atoms with E-state index in [1.54, 1.807) is 0 Å². The molecule has 0 spiro atoms. The molecule has 0 atom stereocenters. The summed E-state index contributed by atoms with van der Waals surface area (Å²) < 4.78 is 1.34. The van der Waals surface area contributed by atoms with Gasteiger partial charge in [0.15, 0.2) is 0 Å². The Morgan fingerprint density at radius 3 is 0.629 bits per heavy atom. The van der Waals surface area contributed by atoms with Gasteiger partial charge in [0.05, 0.1) is 0 Å². The van der Waals surface area contributed by atoms with Crippen molar-refractivity contribution in [1.82, 2.24) is 0 Å². The van der Waals surface area contributed by atoms with E-state index in [0.29, 0.717) is 0 Å². The average Bonchev–Trinajstić information content (AvgIpc) is 2.85. The van der Waals surface area contributed by atoms with Crippen LogP contribution in [0.3, 0.4) is 0 Å². The fourth-order valence-electron chi connectivity index (χ4n) is 5.17. The second-order valence-electron chi connectivity index (χ2n) is 11.1. The molecule has 0 aliphatic rings. The highest BCUT2D eigenvalue weighted by atomic mass is 127. The third kappa shape index (κ3) is 35.5. The number of hydrogen-bond donors (Lipinski definition) is 0. The normalized spacial score (nSPS) is 11.7. The van der Waals surface area contributed by atoms with E-state index in [0.717, 1.165) is 6.04 Å². The maximum absolute atomic E-state index is 5.90. The lowest BCUT2D eigenvalue weighted by Crippen LogP contribution is -1.91. The van der Waals surface area contributed by atoms with Crippen LogP contribution in [0.5, 0.6) is 0 Å². The van der Waals surface area contributed by atoms with E-state index < -0.39 is 7.42 Å². The highest BCUT2D eigenvalue weighted by Crippen LogP contribution is 2.17. The maximum atomic E-state index is 5.90. The second kappa shape index (κ2) is 33.6. The molecule has 0 rings (SSSR count). The molecule has 0 aliphatic carbocycles. The standard InChI is InChI=1S/C31H63Cl2ISi/c32-35(33)31-29-27-25-23-21-19-17-15-13-11-9-7-5-3-1-2-4-6-8-10-12-14-16-18-20-22-24-26-28-30-34/h35H,1-31H2. The molecule has 0 aliphatic heterocycles. The number of rotatable bonds is 31. The van der Waals surface area contributed by atoms with Gasteiger partial charge in [0.1, 0.15) is 0 Å². The number of halogens is 3. The zero-order valence-electron chi connectivity index (χ0n) is 23.6. The van der Waals surface area contributed by atoms with Crippen LogP contribution >= 0.6 is 44.7 Å². The minimum absolute atomic E-state index is 1.10. The molecule has 0 aromatic heterocycles. The predicted molar refractivity (Wildman–Crippen MR) is 176 cm³/mol. The molecule has 0 amide bonds. The van der Waals surface area contributed by atoms with Crippen LogP contribution in [0.2, 0.25) is 6.04 Å². The second-order valence-corrected chi connectivity index (χ2v) is 17.4. The highest BCUT2D eigenvalue weighted by molar-refractivity contribution is 14.1. The first-order valence-corrected chi connectivity index (χ1v) is 21.9. The molecule has 0 heterocycles. The summed E-state index contributed by atoms with van der Waals surface area (Å²) in [7, 11) is -1.33. The summed E-state index contributed by atoms with van der Waals surface area (Å²) >= 11 is 14.3. The van der Waals surface area contributed by atoms with E-state index >= 15 is 0 Å². The Morgan fingerprint density at radius 2 is 0.457 bits per heavy atom. The molecule has 0 aromatic rings. The molecule has 0 unspecified atom stereocenters. The van der Waals surface area contributed by atoms with Gasteiger partial charge in [-0.25, -0.2) is 0 Å². The van der Waals surface area contributed by atoms with Crippen LogP contribution in [0, 0.1) is 0 Å². The van der Waals surface area contributed by atoms with Crippen LogP contribution in [0.15, 0.2) is 0 Å². The molecule has 0 saturated carbocycles. The lowest BCUT2D eigenvalue weighted by atomic mass is 10.0. The Labute approximate surface area is 247 Å². The summed E-state index contributed by atoms with van der Waals surface area (Å²) in [6.07, 6.45) is 42.2. The first-order chi connectivity index (χ1) is 17.3. The fourth-order valence-corrected chi connectivity index (χ4v) is 7.23. The summed E-state index contributed by atoms with van der Waals surface area (Å²) in [5.74, 6) is 0. The van der Waals surface area contributed by atoms with Crippen molar-refractivity contribution < 1.29 is 0 Å². The number of hydrogen-bond acceptors (Lipinski definition) is 0. The summed E-state index contributed by atoms with van der Waals surface area (Å²) in [4.78, 5) is 0. The van der Waals surface area contributed by atoms with E-state index in [2.05, 4.69) is 22.6 Å². The topological polar surface area (TPSA) is 0 Å². The van der Waals surface area contributed by atoms with Crippen molar-refractivity contribution in [2.75, 3.05) is 4.43 Å². The third-order valence-electron chi connectivity index (χ3n) is 7.56. The molecular formula is C31H63Cl2ISi. The number of unbranched alkanes of at least 4 members (excludes halogenated alkanes) is 28. The Kier molecular flexibility index (Phi) is 35.0. The molecule has 35 heavy (non-hydrogen) atoms. The first kappa shape index (κ1) is 36.5. The van der Waals surface area contributed by atoms with E-state index in [1.807, 2.05) is 0 Å². The minimum atomic E-state index is -1.33. The van der Waals surface area contributed by atoms with E-state index in [1.165, 1.54) is 191 Å². The summed E-state index contributed by atoms with van der Waals surface area (Å²) in [6, 6.07) is 1.10. The van der Waals surface area contributed by atoms with E-state index in [-0.39, 0.29) is 0 Å². The van der Waals surface area contributed by atoms with Crippen molar-refractivity contribution in [3.8, 4) is 0 Å². The van der Waals surface area contributed by atoms with E-state index in [4.69, 9.17) is 22.2 Å². The smallest absolute Gasteiger partial charge is 0.150 e. The minimum Gasteiger partial charge on any atom is -0.150 e. The Bertz CT molecular complexity index is 368. The van der Waals surface area contributed by atoms with Crippen LogP contribution in [0.4, 0.5) is 0 Å². The van der Waals surface area contributed by atoms with Crippen LogP contribution in [-0.2, 0) is 0 Å². The largest absolute Gasteiger partial charge is 0.237 e. The molecule has 0 radical (unpaired) electrons. The zero-order valence-corrected chi connectivity index (χ0v) is 28.5. The van der Waals surface area contributed by atoms with Crippen molar-refractivity contribution in [3.63, 3.8) is 0 Å². The molecule has 0 N–H and O–H groups in total. The van der Waals surface area contributed by atoms with Gasteiger partial charge < -0.3 is 0 Å². The summed E-state index contributed by atoms with van der Waals surface area (Å²) in [5, 5.41) is 0. The van der Waals surface area contributed by atoms with Crippen molar-refractivity contribution in [2.45, 2.75) is 192 Å². The molecular weight excluding hydrogens is 598 g/mol. The quantitative estimate of drug-likeness (QED) is 0.0228. The first-order valence-electron chi connectivity index (χ1n) is 16.1. The van der Waals surface area contributed by atoms with Crippen LogP contribution in [-0.4, -0.2) is 11.8 Å². The monoisotopic (exact) mass is 660 g/mol. The summed E-state index contributed by atoms with van der Waals surface area (Å²) in [5.41, 5.74) is 0. The van der Waals surface area contributed by atoms with E-state index in [9.17, 15) is 0 Å². The van der Waals surface area contributed by atoms with Gasteiger partial charge in [-0.15, -0.1) is 0 Å². The van der Waals surface area contributed by atoms with Crippen LogP contribution in [0.1, 0.15) is 186 Å². The molecule has 0 saturated heterocycles. The van der Waals surface area contributed by atoms with Crippen molar-refractivity contribution in [2.24, 2.45) is 0 Å². The maximum Gasteiger partial charge on any atom is 0.237 e. The van der Waals surface area contributed by atoms with Gasteiger partial charge in [0, 0.05) is 0 Å². The third-order valence-corrected chi connectivity index (χ3v) is 10.5. The SMILES string of the molecule is Cl[SiH](Cl)CCCCCCCCCCCCCCCCCCCCCCCCCCCCCCCI. The van der Waals surface area contributed by atoms with Gasteiger partial charge in [-0.3, -0.25) is 0 Å². The van der Waals surface area contributed by atoms with Crippen molar-refractivity contribution >= 4 is 52.2 Å². The predicted octanol–water partition coefficient (Wildman–Crippen LogP) is 13.4. The van der Waals surface area contributed by atoms with Gasteiger partial charge in [0.25, 0.3) is 0 Å². The molecule has 4 heteroatoms. The number of alkyl halides is 1. The Balaban J connectivity index is 3.01. The van der Waals surface area contributed by atoms with Gasteiger partial charge in [-0.2, -0.15) is 22.2 Å². The zero-order chi connectivity index (χ0) is 25.5. The molecule has 212 valence electrons. The molecule has 0 nitrogen and oxygen atoms in total. The van der Waals surface area contributed by atoms with Gasteiger partial charge >= 0.3 is 0 Å². The fraction of sp³-hybridized carbons (Fsp3) is 1.00. The lowest BCUT2D eigenvalue weighted by Gasteiger charge is -2.04. The lowest BCUT2D eigenvalue weighted by molar-refractivity contribution is 0.514. The molecule has 0 bridgehead atoms. The van der Waals surface area contributed by atoms with Gasteiger partial charge in [-0.1, -0.05) is 202 Å². The Morgan fingerprint density at radius 1 is 0.286 bits per heavy atom. The van der Waals surface area contributed by atoms with Gasteiger partial charge in [-0.05, 0) is 16.9 Å². The Hall–Kier alpha value is 1.53. The molecule has 0 fully saturated rings. The average molecular weight is 662 g/mol. The highest BCUT2D eigenvalue weighted by Gasteiger charge is 2.01. The van der Waals surface area contributed by atoms with Crippen LogP contribution in [0.25, 0.3) is 0 Å².